The number of aliphatic imine (C=N–C) groups is 1. The van der Waals surface area contributed by atoms with E-state index in [9.17, 15) is 35.8 Å². The number of rotatable bonds is 5. The van der Waals surface area contributed by atoms with Crippen LogP contribution in [0.4, 0.5) is 36.4 Å². The smallest absolute Gasteiger partial charge is 0.422 e. The Morgan fingerprint density at radius 1 is 1.00 bits per heavy atom. The van der Waals surface area contributed by atoms with Gasteiger partial charge in [-0.3, -0.25) is 0 Å². The Bertz CT molecular complexity index is 846. The first kappa shape index (κ1) is 20.7. The molecule has 0 aliphatic heterocycles. The van der Waals surface area contributed by atoms with E-state index >= 15 is 0 Å². The lowest BCUT2D eigenvalue weighted by atomic mass is 10.0. The van der Waals surface area contributed by atoms with Crippen LogP contribution in [0.15, 0.2) is 23.2 Å². The molecule has 2 aromatic carbocycles. The maximum absolute atomic E-state index is 13.8. The maximum atomic E-state index is 13.8. The van der Waals surface area contributed by atoms with Gasteiger partial charge in [-0.25, -0.2) is 22.6 Å². The molecular formula is C18H14F7NO. The Labute approximate surface area is 150 Å². The van der Waals surface area contributed by atoms with E-state index in [1.54, 1.807) is 6.07 Å². The lowest BCUT2D eigenvalue weighted by Crippen LogP contribution is -2.15. The number of aromatic hydroxyl groups is 1. The molecule has 0 aliphatic carbocycles. The van der Waals surface area contributed by atoms with Gasteiger partial charge >= 0.3 is 6.18 Å². The topological polar surface area (TPSA) is 32.6 Å². The standard InChI is InChI=1S/C18H14F7NO/c1-2-3-5-9-6-4-7-10(17(9)27)8-26-16-14(21)12(19)11(18(23,24)25)13(20)15(16)22/h4,6-8,27H,2-3,5H2,1H3/b26-8+. The van der Waals surface area contributed by atoms with Crippen molar-refractivity contribution in [3.63, 3.8) is 0 Å². The molecule has 0 heterocycles. The van der Waals surface area contributed by atoms with Gasteiger partial charge in [0.05, 0.1) is 0 Å². The van der Waals surface area contributed by atoms with Gasteiger partial charge in [-0.2, -0.15) is 13.2 Å². The second-order valence-corrected chi connectivity index (χ2v) is 5.69. The van der Waals surface area contributed by atoms with Crippen LogP contribution < -0.4 is 0 Å². The van der Waals surface area contributed by atoms with E-state index in [-0.39, 0.29) is 11.3 Å². The first-order valence-corrected chi connectivity index (χ1v) is 7.87. The van der Waals surface area contributed by atoms with Crippen molar-refractivity contribution in [2.75, 3.05) is 0 Å². The van der Waals surface area contributed by atoms with E-state index in [2.05, 4.69) is 4.99 Å². The summed E-state index contributed by atoms with van der Waals surface area (Å²) in [6.07, 6.45) is -2.79. The van der Waals surface area contributed by atoms with Crippen LogP contribution in [0.1, 0.15) is 36.5 Å². The minimum Gasteiger partial charge on any atom is -0.507 e. The Morgan fingerprint density at radius 2 is 1.59 bits per heavy atom. The second-order valence-electron chi connectivity index (χ2n) is 5.69. The van der Waals surface area contributed by atoms with Crippen molar-refractivity contribution >= 4 is 11.9 Å². The summed E-state index contributed by atoms with van der Waals surface area (Å²) in [6, 6.07) is 4.45. The van der Waals surface area contributed by atoms with E-state index in [1.807, 2.05) is 6.92 Å². The fraction of sp³-hybridized carbons (Fsp3) is 0.278. The lowest BCUT2D eigenvalue weighted by molar-refractivity contribution is -0.143. The van der Waals surface area contributed by atoms with E-state index < -0.39 is 40.7 Å². The number of nitrogens with zero attached hydrogens (tertiary/aromatic N) is 1. The van der Waals surface area contributed by atoms with Crippen molar-refractivity contribution in [2.24, 2.45) is 4.99 Å². The Hall–Kier alpha value is -2.58. The minimum absolute atomic E-state index is 0.0110. The molecule has 1 N–H and O–H groups in total. The number of unbranched alkanes of at least 4 members (excludes halogenated alkanes) is 1. The number of para-hydroxylation sites is 1. The second kappa shape index (κ2) is 7.98. The highest BCUT2D eigenvalue weighted by molar-refractivity contribution is 5.86. The van der Waals surface area contributed by atoms with Crippen LogP contribution >= 0.6 is 0 Å². The number of phenolic OH excluding ortho intramolecular Hbond substituents is 1. The van der Waals surface area contributed by atoms with Crippen LogP contribution in [-0.2, 0) is 12.6 Å². The summed E-state index contributed by atoms with van der Waals surface area (Å²) in [5, 5.41) is 10.1. The predicted octanol–water partition coefficient (Wildman–Crippen LogP) is 6.06. The number of hydrogen-bond donors (Lipinski definition) is 1. The van der Waals surface area contributed by atoms with Crippen molar-refractivity contribution in [3.05, 3.63) is 58.2 Å². The van der Waals surface area contributed by atoms with Crippen LogP contribution in [0.3, 0.4) is 0 Å². The number of phenols is 1. The molecule has 2 aromatic rings. The quantitative estimate of drug-likeness (QED) is 0.374. The van der Waals surface area contributed by atoms with Gasteiger partial charge in [0, 0.05) is 11.8 Å². The van der Waals surface area contributed by atoms with E-state index in [0.29, 0.717) is 12.0 Å². The van der Waals surface area contributed by atoms with Gasteiger partial charge in [0.15, 0.2) is 23.3 Å². The zero-order valence-electron chi connectivity index (χ0n) is 14.0. The van der Waals surface area contributed by atoms with Crippen LogP contribution in [0, 0.1) is 23.3 Å². The molecule has 27 heavy (non-hydrogen) atoms. The van der Waals surface area contributed by atoms with E-state index in [1.165, 1.54) is 12.1 Å². The van der Waals surface area contributed by atoms with Gasteiger partial charge in [0.1, 0.15) is 17.0 Å². The molecule has 0 radical (unpaired) electrons. The highest BCUT2D eigenvalue weighted by Gasteiger charge is 2.42. The summed E-state index contributed by atoms with van der Waals surface area (Å²) in [7, 11) is 0. The van der Waals surface area contributed by atoms with Gasteiger partial charge in [-0.1, -0.05) is 25.5 Å². The largest absolute Gasteiger partial charge is 0.507 e. The lowest BCUT2D eigenvalue weighted by Gasteiger charge is -2.12. The summed E-state index contributed by atoms with van der Waals surface area (Å²) in [4.78, 5) is 3.22. The van der Waals surface area contributed by atoms with E-state index in [0.717, 1.165) is 19.1 Å². The zero-order chi connectivity index (χ0) is 20.4. The molecule has 9 heteroatoms. The highest BCUT2D eigenvalue weighted by Crippen LogP contribution is 2.39. The predicted molar refractivity (Wildman–Crippen MR) is 85.2 cm³/mol. The summed E-state index contributed by atoms with van der Waals surface area (Å²) >= 11 is 0. The average molecular weight is 393 g/mol. The van der Waals surface area contributed by atoms with Crippen LogP contribution in [0.5, 0.6) is 5.75 Å². The molecule has 2 rings (SSSR count). The molecule has 146 valence electrons. The molecule has 0 saturated carbocycles. The van der Waals surface area contributed by atoms with E-state index in [4.69, 9.17) is 0 Å². The van der Waals surface area contributed by atoms with Gasteiger partial charge < -0.3 is 5.11 Å². The van der Waals surface area contributed by atoms with Crippen molar-refractivity contribution in [1.82, 2.24) is 0 Å². The summed E-state index contributed by atoms with van der Waals surface area (Å²) < 4.78 is 92.5. The third-order valence-corrected chi connectivity index (χ3v) is 3.81. The molecule has 0 aromatic heterocycles. The summed E-state index contributed by atoms with van der Waals surface area (Å²) in [6.45, 7) is 1.93. The Kier molecular flexibility index (Phi) is 6.12. The summed E-state index contributed by atoms with van der Waals surface area (Å²) in [5.41, 5.74) is -3.72. The van der Waals surface area contributed by atoms with Gasteiger partial charge in [0.2, 0.25) is 0 Å². The molecule has 2 nitrogen and oxygen atoms in total. The number of hydrogen-bond acceptors (Lipinski definition) is 2. The SMILES string of the molecule is CCCCc1cccc(/C=N/c2c(F)c(F)c(C(F)(F)F)c(F)c2F)c1O. The highest BCUT2D eigenvalue weighted by atomic mass is 19.4. The fourth-order valence-corrected chi connectivity index (χ4v) is 2.40. The monoisotopic (exact) mass is 393 g/mol. The van der Waals surface area contributed by atoms with Gasteiger partial charge in [-0.15, -0.1) is 0 Å². The van der Waals surface area contributed by atoms with Crippen molar-refractivity contribution < 1.29 is 35.8 Å². The Balaban J connectivity index is 2.50. The van der Waals surface area contributed by atoms with Crippen LogP contribution in [0.25, 0.3) is 0 Å². The third kappa shape index (κ3) is 4.23. The number of benzene rings is 2. The molecule has 0 amide bonds. The average Bonchev–Trinajstić information content (AvgIpc) is 2.59. The normalized spacial score (nSPS) is 12.1. The minimum atomic E-state index is -5.62. The zero-order valence-corrected chi connectivity index (χ0v) is 14.0. The number of aryl methyl sites for hydroxylation is 1. The molecule has 0 unspecified atom stereocenters. The van der Waals surface area contributed by atoms with Crippen molar-refractivity contribution in [1.29, 1.82) is 0 Å². The van der Waals surface area contributed by atoms with Crippen molar-refractivity contribution in [2.45, 2.75) is 32.4 Å². The van der Waals surface area contributed by atoms with Crippen molar-refractivity contribution in [3.8, 4) is 5.75 Å². The molecule has 0 fully saturated rings. The van der Waals surface area contributed by atoms with Gasteiger partial charge in [0.25, 0.3) is 0 Å². The molecule has 0 atom stereocenters. The first-order chi connectivity index (χ1) is 12.6. The molecule has 0 aliphatic rings. The number of halogens is 7. The fourth-order valence-electron chi connectivity index (χ4n) is 2.40. The molecule has 0 spiro atoms. The summed E-state index contributed by atoms with van der Waals surface area (Å²) in [5.74, 6) is -9.98. The molecule has 0 saturated heterocycles. The van der Waals surface area contributed by atoms with Crippen LogP contribution in [0.2, 0.25) is 0 Å². The third-order valence-electron chi connectivity index (χ3n) is 3.81. The molecule has 0 bridgehead atoms. The number of alkyl halides is 3. The first-order valence-electron chi connectivity index (χ1n) is 7.87. The van der Waals surface area contributed by atoms with Gasteiger partial charge in [-0.05, 0) is 24.5 Å². The van der Waals surface area contributed by atoms with Crippen LogP contribution in [-0.4, -0.2) is 11.3 Å². The Morgan fingerprint density at radius 3 is 2.11 bits per heavy atom. The maximum Gasteiger partial charge on any atom is 0.422 e. The molecular weight excluding hydrogens is 379 g/mol.